The lowest BCUT2D eigenvalue weighted by Gasteiger charge is -2.50. The van der Waals surface area contributed by atoms with Gasteiger partial charge in [-0.15, -0.1) is 0 Å². The quantitative estimate of drug-likeness (QED) is 0.860. The lowest BCUT2D eigenvalue weighted by molar-refractivity contribution is -0.0115. The van der Waals surface area contributed by atoms with Gasteiger partial charge in [-0.05, 0) is 37.8 Å². The monoisotopic (exact) mass is 365 g/mol. The molecule has 1 aromatic rings. The summed E-state index contributed by atoms with van der Waals surface area (Å²) in [5.74, 6) is 0.367. The van der Waals surface area contributed by atoms with Crippen LogP contribution >= 0.6 is 0 Å². The Balaban J connectivity index is 1.99. The molecule has 6 atom stereocenters. The fraction of sp³-hybridized carbons (Fsp3) is 0.700. The number of rotatable bonds is 4. The van der Waals surface area contributed by atoms with Gasteiger partial charge in [-0.2, -0.15) is 0 Å². The summed E-state index contributed by atoms with van der Waals surface area (Å²) >= 11 is 0. The van der Waals surface area contributed by atoms with Gasteiger partial charge in [0.1, 0.15) is 5.25 Å². The number of hydrogen-bond donors (Lipinski definition) is 2. The van der Waals surface area contributed by atoms with E-state index in [1.165, 1.54) is 0 Å². The largest absolute Gasteiger partial charge is 0.391 e. The fourth-order valence-corrected chi connectivity index (χ4v) is 6.91. The van der Waals surface area contributed by atoms with E-state index in [1.807, 2.05) is 19.1 Å². The molecule has 2 unspecified atom stereocenters. The highest BCUT2D eigenvalue weighted by Crippen LogP contribution is 2.40. The molecule has 1 heterocycles. The van der Waals surface area contributed by atoms with Crippen molar-refractivity contribution < 1.29 is 13.5 Å². The number of aryl methyl sites for hydroxylation is 1. The summed E-state index contributed by atoms with van der Waals surface area (Å²) in [6.45, 7) is 6.16. The van der Waals surface area contributed by atoms with E-state index in [9.17, 15) is 13.5 Å². The highest BCUT2D eigenvalue weighted by atomic mass is 32.2. The molecule has 0 amide bonds. The number of fused-ring (bicyclic) bond motifs is 1. The number of benzene rings is 1. The minimum atomic E-state index is -3.59. The highest BCUT2D eigenvalue weighted by molar-refractivity contribution is 7.92. The van der Waals surface area contributed by atoms with Crippen LogP contribution in [0.4, 0.5) is 0 Å². The zero-order valence-electron chi connectivity index (χ0n) is 15.5. The van der Waals surface area contributed by atoms with Crippen LogP contribution in [-0.2, 0) is 9.84 Å². The van der Waals surface area contributed by atoms with Crippen molar-refractivity contribution in [3.63, 3.8) is 0 Å². The molecule has 1 aliphatic carbocycles. The Morgan fingerprint density at radius 2 is 1.88 bits per heavy atom. The highest BCUT2D eigenvalue weighted by Gasteiger charge is 2.51. The van der Waals surface area contributed by atoms with E-state index < -0.39 is 21.2 Å². The average molecular weight is 366 g/mol. The molecule has 5 heteroatoms. The summed E-state index contributed by atoms with van der Waals surface area (Å²) in [6.07, 6.45) is 4.11. The Morgan fingerprint density at radius 1 is 1.20 bits per heavy atom. The molecule has 2 N–H and O–H groups in total. The maximum Gasteiger partial charge on any atom is 0.185 e. The van der Waals surface area contributed by atoms with Crippen molar-refractivity contribution in [1.82, 2.24) is 5.32 Å². The van der Waals surface area contributed by atoms with Gasteiger partial charge in [0.15, 0.2) is 9.84 Å². The summed E-state index contributed by atoms with van der Waals surface area (Å²) in [7, 11) is -3.59. The lowest BCUT2D eigenvalue weighted by Crippen LogP contribution is -2.66. The molecule has 4 nitrogen and oxygen atoms in total. The minimum Gasteiger partial charge on any atom is -0.391 e. The summed E-state index contributed by atoms with van der Waals surface area (Å²) in [5, 5.41) is 14.0. The molecule has 0 spiro atoms. The first-order chi connectivity index (χ1) is 11.9. The van der Waals surface area contributed by atoms with Gasteiger partial charge in [0.05, 0.1) is 11.0 Å². The first kappa shape index (κ1) is 18.9. The fourth-order valence-electron chi connectivity index (χ4n) is 4.88. The van der Waals surface area contributed by atoms with Crippen molar-refractivity contribution in [3.05, 3.63) is 29.8 Å². The third-order valence-corrected chi connectivity index (χ3v) is 8.41. The molecule has 0 radical (unpaired) electrons. The third-order valence-electron chi connectivity index (χ3n) is 6.16. The van der Waals surface area contributed by atoms with Gasteiger partial charge in [-0.3, -0.25) is 0 Å². The maximum absolute atomic E-state index is 13.4. The van der Waals surface area contributed by atoms with Gasteiger partial charge in [-0.1, -0.05) is 50.8 Å². The Morgan fingerprint density at radius 3 is 2.52 bits per heavy atom. The van der Waals surface area contributed by atoms with E-state index in [0.29, 0.717) is 10.8 Å². The summed E-state index contributed by atoms with van der Waals surface area (Å²) in [4.78, 5) is 0.326. The molecule has 2 aliphatic rings. The number of sulfone groups is 1. The number of piperidine rings is 1. The van der Waals surface area contributed by atoms with Crippen LogP contribution in [0.2, 0.25) is 0 Å². The van der Waals surface area contributed by atoms with Crippen LogP contribution in [0.5, 0.6) is 0 Å². The summed E-state index contributed by atoms with van der Waals surface area (Å²) in [5.41, 5.74) is 1.03. The predicted molar refractivity (Wildman–Crippen MR) is 100 cm³/mol. The Hall–Kier alpha value is -0.910. The maximum atomic E-state index is 13.4. The van der Waals surface area contributed by atoms with Crippen LogP contribution in [0.15, 0.2) is 29.2 Å². The molecular weight excluding hydrogens is 334 g/mol. The van der Waals surface area contributed by atoms with Crippen LogP contribution in [0.3, 0.4) is 0 Å². The van der Waals surface area contributed by atoms with Crippen LogP contribution < -0.4 is 5.32 Å². The van der Waals surface area contributed by atoms with E-state index in [0.717, 1.165) is 37.7 Å². The molecule has 1 saturated heterocycles. The molecule has 2 fully saturated rings. The average Bonchev–Trinajstić information content (AvgIpc) is 2.55. The van der Waals surface area contributed by atoms with Gasteiger partial charge in [-0.25, -0.2) is 8.42 Å². The van der Waals surface area contributed by atoms with E-state index in [2.05, 4.69) is 19.2 Å². The van der Waals surface area contributed by atoms with Crippen molar-refractivity contribution in [2.45, 2.75) is 81.2 Å². The van der Waals surface area contributed by atoms with Gasteiger partial charge in [0.2, 0.25) is 0 Å². The van der Waals surface area contributed by atoms with E-state index in [-0.39, 0.29) is 18.0 Å². The van der Waals surface area contributed by atoms with Crippen LogP contribution in [0, 0.1) is 18.8 Å². The second-order valence-electron chi connectivity index (χ2n) is 7.97. The van der Waals surface area contributed by atoms with Gasteiger partial charge >= 0.3 is 0 Å². The second kappa shape index (κ2) is 7.37. The number of hydrogen-bond acceptors (Lipinski definition) is 4. The Labute approximate surface area is 151 Å². The zero-order chi connectivity index (χ0) is 18.2. The van der Waals surface area contributed by atoms with Crippen LogP contribution in [-0.4, -0.2) is 37.0 Å². The smallest absolute Gasteiger partial charge is 0.185 e. The number of aliphatic hydroxyl groups is 1. The molecule has 3 rings (SSSR count). The molecule has 25 heavy (non-hydrogen) atoms. The molecule has 1 aromatic carbocycles. The molecule has 0 bridgehead atoms. The Kier molecular flexibility index (Phi) is 5.57. The van der Waals surface area contributed by atoms with Crippen LogP contribution in [0.1, 0.15) is 51.5 Å². The van der Waals surface area contributed by atoms with Gasteiger partial charge < -0.3 is 10.4 Å². The van der Waals surface area contributed by atoms with Gasteiger partial charge in [0.25, 0.3) is 0 Å². The number of aliphatic hydroxyl groups excluding tert-OH is 1. The molecule has 140 valence electrons. The first-order valence-electron chi connectivity index (χ1n) is 9.61. The van der Waals surface area contributed by atoms with Crippen molar-refractivity contribution in [1.29, 1.82) is 0 Å². The van der Waals surface area contributed by atoms with E-state index in [4.69, 9.17) is 0 Å². The molecular formula is C20H31NO3S. The first-order valence-corrected chi connectivity index (χ1v) is 11.2. The predicted octanol–water partition coefficient (Wildman–Crippen LogP) is 3.07. The van der Waals surface area contributed by atoms with Gasteiger partial charge in [0, 0.05) is 18.0 Å². The van der Waals surface area contributed by atoms with E-state index >= 15 is 0 Å². The van der Waals surface area contributed by atoms with Crippen molar-refractivity contribution >= 4 is 9.84 Å². The normalized spacial score (nSPS) is 36.0. The van der Waals surface area contributed by atoms with Crippen molar-refractivity contribution in [3.8, 4) is 0 Å². The standard InChI is InChI=1S/C20H31NO3S/c1-4-6-17-20(25(23,24)15-11-9-13(2)10-12-15)19(22)18-14(3)7-5-8-16(18)21-17/h9-12,14,16-22H,4-8H2,1-3H3/t14-,16-,17+,18+,19?,20?/m1/s1. The Bertz CT molecular complexity index is 685. The summed E-state index contributed by atoms with van der Waals surface area (Å²) in [6, 6.07) is 7.07. The van der Waals surface area contributed by atoms with Crippen LogP contribution in [0.25, 0.3) is 0 Å². The van der Waals surface area contributed by atoms with Crippen molar-refractivity contribution in [2.75, 3.05) is 0 Å². The number of nitrogens with one attached hydrogen (secondary N) is 1. The molecule has 1 saturated carbocycles. The second-order valence-corrected chi connectivity index (χ2v) is 10.1. The molecule has 1 aliphatic heterocycles. The van der Waals surface area contributed by atoms with Crippen molar-refractivity contribution in [2.24, 2.45) is 11.8 Å². The summed E-state index contributed by atoms with van der Waals surface area (Å²) < 4.78 is 26.8. The van der Waals surface area contributed by atoms with E-state index in [1.54, 1.807) is 12.1 Å². The molecule has 0 aromatic heterocycles. The lowest BCUT2D eigenvalue weighted by atomic mass is 9.69. The zero-order valence-corrected chi connectivity index (χ0v) is 16.3. The third kappa shape index (κ3) is 3.51. The SMILES string of the molecule is CCC[C@@H]1N[C@@H]2CCC[C@@H](C)[C@@H]2C(O)C1S(=O)(=O)c1ccc(C)cc1. The topological polar surface area (TPSA) is 66.4 Å². The minimum absolute atomic E-state index is 0.0204.